The van der Waals surface area contributed by atoms with E-state index in [2.05, 4.69) is 26.6 Å². The van der Waals surface area contributed by atoms with Crippen LogP contribution in [0.3, 0.4) is 0 Å². The van der Waals surface area contributed by atoms with Crippen molar-refractivity contribution in [3.8, 4) is 17.6 Å². The smallest absolute Gasteiger partial charge is 0.194 e. The fourth-order valence-electron chi connectivity index (χ4n) is 5.99. The fourth-order valence-corrected chi connectivity index (χ4v) is 5.99. The number of fused-ring (bicyclic) bond motifs is 1. The first-order valence-electron chi connectivity index (χ1n) is 14.7. The molecule has 43 heavy (non-hydrogen) atoms. The van der Waals surface area contributed by atoms with Gasteiger partial charge < -0.3 is 14.6 Å². The standard InChI is InChI=1S/C33H37F4N3O3/c1-42-25-4-5-30-26(19-25)31(24(20-38-30)21-40-13-15-43-16-14-40)27(34)6-7-33(22-41)8-11-39(12-9-33)10-2-3-23-17-28(35)32(37)29(36)18-23/h4-5,17-20,27,41H,6-16,21-22H2,1H3. The average molecular weight is 600 g/mol. The molecule has 0 bridgehead atoms. The van der Waals surface area contributed by atoms with Crippen LogP contribution in [0.1, 0.15) is 48.5 Å². The lowest BCUT2D eigenvalue weighted by molar-refractivity contribution is 0.0323. The number of morpholine rings is 1. The molecule has 0 saturated carbocycles. The number of nitrogens with zero attached hydrogens (tertiary/aromatic N) is 3. The number of piperidine rings is 1. The third-order valence-corrected chi connectivity index (χ3v) is 8.71. The molecular weight excluding hydrogens is 562 g/mol. The predicted molar refractivity (Wildman–Crippen MR) is 156 cm³/mol. The second-order valence-electron chi connectivity index (χ2n) is 11.5. The molecule has 1 N–H and O–H groups in total. The van der Waals surface area contributed by atoms with Gasteiger partial charge in [-0.2, -0.15) is 0 Å². The maximum atomic E-state index is 16.4. The van der Waals surface area contributed by atoms with Gasteiger partial charge in [0, 0.05) is 49.0 Å². The van der Waals surface area contributed by atoms with Crippen molar-refractivity contribution in [1.82, 2.24) is 14.8 Å². The number of halogens is 4. The molecule has 6 nitrogen and oxygen atoms in total. The Morgan fingerprint density at radius 1 is 1.05 bits per heavy atom. The van der Waals surface area contributed by atoms with Gasteiger partial charge in [-0.1, -0.05) is 11.8 Å². The summed E-state index contributed by atoms with van der Waals surface area (Å²) in [6.45, 7) is 5.05. The van der Waals surface area contributed by atoms with Crippen LogP contribution in [-0.4, -0.2) is 79.5 Å². The van der Waals surface area contributed by atoms with Crippen LogP contribution in [0.25, 0.3) is 10.9 Å². The van der Waals surface area contributed by atoms with Crippen molar-refractivity contribution in [3.05, 3.63) is 70.7 Å². The Morgan fingerprint density at radius 3 is 2.44 bits per heavy atom. The predicted octanol–water partition coefficient (Wildman–Crippen LogP) is 5.41. The van der Waals surface area contributed by atoms with Gasteiger partial charge in [-0.3, -0.25) is 14.8 Å². The normalized spacial score (nSPS) is 18.3. The molecule has 3 aromatic rings. The Bertz CT molecular complexity index is 1450. The number of pyridine rings is 1. The number of ether oxygens (including phenoxy) is 2. The molecule has 5 rings (SSSR count). The van der Waals surface area contributed by atoms with Crippen LogP contribution < -0.4 is 4.74 Å². The monoisotopic (exact) mass is 599 g/mol. The van der Waals surface area contributed by atoms with Gasteiger partial charge in [-0.05, 0) is 80.1 Å². The molecule has 3 heterocycles. The lowest BCUT2D eigenvalue weighted by Crippen LogP contribution is -2.42. The summed E-state index contributed by atoms with van der Waals surface area (Å²) >= 11 is 0. The Morgan fingerprint density at radius 2 is 1.77 bits per heavy atom. The Kier molecular flexibility index (Phi) is 10.2. The third kappa shape index (κ3) is 7.47. The third-order valence-electron chi connectivity index (χ3n) is 8.71. The van der Waals surface area contributed by atoms with E-state index in [1.165, 1.54) is 0 Å². The topological polar surface area (TPSA) is 58.1 Å². The quantitative estimate of drug-likeness (QED) is 0.202. The Hall–Kier alpha value is -3.23. The minimum atomic E-state index is -1.51. The summed E-state index contributed by atoms with van der Waals surface area (Å²) in [4.78, 5) is 8.96. The van der Waals surface area contributed by atoms with E-state index < -0.39 is 29.0 Å². The number of hydrogen-bond donors (Lipinski definition) is 1. The molecule has 1 aromatic heterocycles. The summed E-state index contributed by atoms with van der Waals surface area (Å²) in [6.07, 6.45) is 2.64. The highest BCUT2D eigenvalue weighted by atomic mass is 19.2. The number of aliphatic hydroxyl groups excluding tert-OH is 1. The summed E-state index contributed by atoms with van der Waals surface area (Å²) in [5.41, 5.74) is 1.85. The first kappa shape index (κ1) is 31.2. The van der Waals surface area contributed by atoms with E-state index >= 15 is 4.39 Å². The second-order valence-corrected chi connectivity index (χ2v) is 11.5. The van der Waals surface area contributed by atoms with Crippen LogP contribution in [0.5, 0.6) is 5.75 Å². The molecule has 2 aromatic carbocycles. The van der Waals surface area contributed by atoms with Gasteiger partial charge in [0.25, 0.3) is 0 Å². The molecule has 1 atom stereocenters. The van der Waals surface area contributed by atoms with E-state index in [9.17, 15) is 18.3 Å². The molecule has 2 saturated heterocycles. The van der Waals surface area contributed by atoms with Crippen molar-refractivity contribution in [2.75, 3.05) is 59.7 Å². The van der Waals surface area contributed by atoms with Crippen molar-refractivity contribution >= 4 is 10.9 Å². The van der Waals surface area contributed by atoms with Gasteiger partial charge in [-0.15, -0.1) is 0 Å². The molecule has 10 heteroatoms. The van der Waals surface area contributed by atoms with Crippen LogP contribution in [-0.2, 0) is 11.3 Å². The highest BCUT2D eigenvalue weighted by molar-refractivity contribution is 5.85. The minimum absolute atomic E-state index is 0.0427. The van der Waals surface area contributed by atoms with Crippen molar-refractivity contribution in [2.24, 2.45) is 5.41 Å². The number of alkyl halides is 1. The zero-order valence-electron chi connectivity index (χ0n) is 24.4. The SMILES string of the molecule is COc1ccc2ncc(CN3CCOCC3)c(C(F)CCC3(CO)CCN(CC#Cc4cc(F)c(F)c(F)c4)CC3)c2c1. The number of rotatable bonds is 9. The van der Waals surface area contributed by atoms with Gasteiger partial charge >= 0.3 is 0 Å². The molecule has 2 aliphatic heterocycles. The van der Waals surface area contributed by atoms with E-state index in [-0.39, 0.29) is 18.6 Å². The number of aromatic nitrogens is 1. The lowest BCUT2D eigenvalue weighted by Gasteiger charge is -2.40. The molecule has 2 fully saturated rings. The molecule has 0 amide bonds. The number of benzene rings is 2. The highest BCUT2D eigenvalue weighted by Gasteiger charge is 2.35. The van der Waals surface area contributed by atoms with Crippen molar-refractivity contribution in [3.63, 3.8) is 0 Å². The molecule has 0 aliphatic carbocycles. The molecule has 2 aliphatic rings. The van der Waals surface area contributed by atoms with Crippen LogP contribution in [0.2, 0.25) is 0 Å². The zero-order chi connectivity index (χ0) is 30.4. The fraction of sp³-hybridized carbons (Fsp3) is 0.485. The van der Waals surface area contributed by atoms with Gasteiger partial charge in [0.05, 0.1) is 32.4 Å². The largest absolute Gasteiger partial charge is 0.497 e. The summed E-state index contributed by atoms with van der Waals surface area (Å²) in [6, 6.07) is 7.27. The first-order chi connectivity index (χ1) is 20.8. The summed E-state index contributed by atoms with van der Waals surface area (Å²) < 4.78 is 67.4. The van der Waals surface area contributed by atoms with E-state index in [1.807, 2.05) is 18.2 Å². The number of likely N-dealkylation sites (tertiary alicyclic amines) is 1. The van der Waals surface area contributed by atoms with Crippen molar-refractivity contribution in [2.45, 2.75) is 38.4 Å². The molecule has 1 unspecified atom stereocenters. The first-order valence-corrected chi connectivity index (χ1v) is 14.7. The van der Waals surface area contributed by atoms with Crippen molar-refractivity contribution in [1.29, 1.82) is 0 Å². The van der Waals surface area contributed by atoms with Crippen LogP contribution in [0.4, 0.5) is 17.6 Å². The van der Waals surface area contributed by atoms with Crippen LogP contribution in [0, 0.1) is 34.7 Å². The maximum Gasteiger partial charge on any atom is 0.194 e. The molecular formula is C33H37F4N3O3. The number of hydrogen-bond acceptors (Lipinski definition) is 6. The summed E-state index contributed by atoms with van der Waals surface area (Å²) in [5.74, 6) is 2.18. The maximum absolute atomic E-state index is 16.4. The van der Waals surface area contributed by atoms with Gasteiger partial charge in [0.1, 0.15) is 11.9 Å². The van der Waals surface area contributed by atoms with Crippen molar-refractivity contribution < 1.29 is 32.1 Å². The van der Waals surface area contributed by atoms with E-state index in [0.717, 1.165) is 36.2 Å². The zero-order valence-corrected chi connectivity index (χ0v) is 24.4. The van der Waals surface area contributed by atoms with Crippen LogP contribution in [0.15, 0.2) is 36.5 Å². The Balaban J connectivity index is 1.25. The summed E-state index contributed by atoms with van der Waals surface area (Å²) in [7, 11) is 1.59. The van der Waals surface area contributed by atoms with E-state index in [0.29, 0.717) is 75.5 Å². The lowest BCUT2D eigenvalue weighted by atomic mass is 9.74. The molecule has 0 spiro atoms. The van der Waals surface area contributed by atoms with Crippen LogP contribution >= 0.6 is 0 Å². The molecule has 230 valence electrons. The highest BCUT2D eigenvalue weighted by Crippen LogP contribution is 2.41. The van der Waals surface area contributed by atoms with Gasteiger partial charge in [0.2, 0.25) is 0 Å². The van der Waals surface area contributed by atoms with E-state index in [1.54, 1.807) is 13.3 Å². The number of methoxy groups -OCH3 is 1. The average Bonchev–Trinajstić information content (AvgIpc) is 3.03. The van der Waals surface area contributed by atoms with E-state index in [4.69, 9.17) is 9.47 Å². The van der Waals surface area contributed by atoms with Gasteiger partial charge in [-0.25, -0.2) is 17.6 Å². The molecule has 0 radical (unpaired) electrons. The summed E-state index contributed by atoms with van der Waals surface area (Å²) in [5, 5.41) is 11.1. The minimum Gasteiger partial charge on any atom is -0.497 e. The number of aliphatic hydroxyl groups is 1. The van der Waals surface area contributed by atoms with Gasteiger partial charge in [0.15, 0.2) is 17.5 Å². The second kappa shape index (κ2) is 14.0. The Labute approximate surface area is 249 Å².